The zero-order valence-electron chi connectivity index (χ0n) is 11.5. The molecule has 1 aromatic rings. The van der Waals surface area contributed by atoms with Crippen LogP contribution < -0.4 is 0 Å². The van der Waals surface area contributed by atoms with Crippen molar-refractivity contribution in [1.82, 2.24) is 14.8 Å². The molecule has 5 nitrogen and oxygen atoms in total. The Morgan fingerprint density at radius 1 is 1.67 bits per heavy atom. The molecule has 0 saturated carbocycles. The molecule has 0 aliphatic heterocycles. The normalized spacial score (nSPS) is 14.3. The maximum absolute atomic E-state index is 12.0. The highest BCUT2D eigenvalue weighted by atomic mass is 16.5. The predicted octanol–water partition coefficient (Wildman–Crippen LogP) is 2.16. The monoisotopic (exact) mass is 251 g/mol. The quantitative estimate of drug-likeness (QED) is 0.574. The molecule has 1 heterocycles. The van der Waals surface area contributed by atoms with Gasteiger partial charge in [0.1, 0.15) is 12.2 Å². The van der Waals surface area contributed by atoms with Crippen LogP contribution in [0.5, 0.6) is 0 Å². The molecule has 1 aromatic heterocycles. The molecule has 5 heteroatoms. The van der Waals surface area contributed by atoms with Crippen molar-refractivity contribution in [3.63, 3.8) is 0 Å². The minimum Gasteiger partial charge on any atom is -0.465 e. The molecule has 1 atom stereocenters. The van der Waals surface area contributed by atoms with E-state index in [2.05, 4.69) is 16.7 Å². The van der Waals surface area contributed by atoms with Crippen LogP contribution in [0.4, 0.5) is 0 Å². The van der Waals surface area contributed by atoms with Gasteiger partial charge in [-0.25, -0.2) is 9.67 Å². The van der Waals surface area contributed by atoms with Crippen molar-refractivity contribution in [2.24, 2.45) is 5.41 Å². The third-order valence-corrected chi connectivity index (χ3v) is 2.85. The first kappa shape index (κ1) is 14.4. The molecule has 0 fully saturated rings. The zero-order valence-corrected chi connectivity index (χ0v) is 11.5. The van der Waals surface area contributed by atoms with Crippen molar-refractivity contribution in [1.29, 1.82) is 0 Å². The van der Waals surface area contributed by atoms with Crippen molar-refractivity contribution in [3.8, 4) is 0 Å². The SMILES string of the molecule is C=CC(C)(Cc1ncnn1C(C)C)C(=O)OCC. The van der Waals surface area contributed by atoms with Crippen LogP contribution in [0, 0.1) is 5.41 Å². The van der Waals surface area contributed by atoms with Gasteiger partial charge in [-0.15, -0.1) is 6.58 Å². The van der Waals surface area contributed by atoms with E-state index in [0.29, 0.717) is 13.0 Å². The lowest BCUT2D eigenvalue weighted by Gasteiger charge is -2.23. The van der Waals surface area contributed by atoms with E-state index in [0.717, 1.165) is 5.82 Å². The lowest BCUT2D eigenvalue weighted by molar-refractivity contribution is -0.151. The van der Waals surface area contributed by atoms with Crippen molar-refractivity contribution < 1.29 is 9.53 Å². The van der Waals surface area contributed by atoms with Crippen molar-refractivity contribution in [2.45, 2.75) is 40.2 Å². The fraction of sp³-hybridized carbons (Fsp3) is 0.615. The molecular formula is C13H21N3O2. The summed E-state index contributed by atoms with van der Waals surface area (Å²) in [6, 6.07) is 0.207. The fourth-order valence-electron chi connectivity index (χ4n) is 1.68. The van der Waals surface area contributed by atoms with Gasteiger partial charge >= 0.3 is 5.97 Å². The summed E-state index contributed by atoms with van der Waals surface area (Å²) in [5, 5.41) is 4.16. The van der Waals surface area contributed by atoms with Crippen LogP contribution in [-0.2, 0) is 16.0 Å². The Labute approximate surface area is 108 Å². The first-order chi connectivity index (χ1) is 8.44. The van der Waals surface area contributed by atoms with Gasteiger partial charge in [-0.05, 0) is 27.7 Å². The molecule has 1 unspecified atom stereocenters. The lowest BCUT2D eigenvalue weighted by Crippen LogP contribution is -2.31. The third-order valence-electron chi connectivity index (χ3n) is 2.85. The Hall–Kier alpha value is -1.65. The van der Waals surface area contributed by atoms with E-state index in [-0.39, 0.29) is 12.0 Å². The number of rotatable bonds is 6. The smallest absolute Gasteiger partial charge is 0.316 e. The van der Waals surface area contributed by atoms with Gasteiger partial charge in [0.2, 0.25) is 0 Å². The molecule has 1 rings (SSSR count). The minimum atomic E-state index is -0.768. The maximum atomic E-state index is 12.0. The average molecular weight is 251 g/mol. The van der Waals surface area contributed by atoms with Crippen LogP contribution in [0.25, 0.3) is 0 Å². The Balaban J connectivity index is 2.95. The van der Waals surface area contributed by atoms with Crippen LogP contribution in [0.2, 0.25) is 0 Å². The summed E-state index contributed by atoms with van der Waals surface area (Å²) in [4.78, 5) is 16.2. The van der Waals surface area contributed by atoms with Gasteiger partial charge in [-0.3, -0.25) is 4.79 Å². The summed E-state index contributed by atoms with van der Waals surface area (Å²) in [5.74, 6) is 0.485. The van der Waals surface area contributed by atoms with E-state index in [1.54, 1.807) is 24.6 Å². The van der Waals surface area contributed by atoms with Crippen molar-refractivity contribution >= 4 is 5.97 Å². The lowest BCUT2D eigenvalue weighted by atomic mass is 9.86. The van der Waals surface area contributed by atoms with Crippen LogP contribution in [-0.4, -0.2) is 27.3 Å². The number of carbonyl (C=O) groups is 1. The number of hydrogen-bond acceptors (Lipinski definition) is 4. The Kier molecular flexibility index (Phi) is 4.64. The topological polar surface area (TPSA) is 57.0 Å². The average Bonchev–Trinajstić information content (AvgIpc) is 2.77. The van der Waals surface area contributed by atoms with Crippen LogP contribution in [0.1, 0.15) is 39.6 Å². The molecule has 100 valence electrons. The zero-order chi connectivity index (χ0) is 13.8. The van der Waals surface area contributed by atoms with E-state index in [1.165, 1.54) is 6.33 Å². The number of carbonyl (C=O) groups excluding carboxylic acids is 1. The van der Waals surface area contributed by atoms with Crippen molar-refractivity contribution in [2.75, 3.05) is 6.61 Å². The Morgan fingerprint density at radius 3 is 2.83 bits per heavy atom. The first-order valence-electron chi connectivity index (χ1n) is 6.13. The summed E-state index contributed by atoms with van der Waals surface area (Å²) < 4.78 is 6.89. The van der Waals surface area contributed by atoms with Crippen LogP contribution >= 0.6 is 0 Å². The predicted molar refractivity (Wildman–Crippen MR) is 69.0 cm³/mol. The second-order valence-electron chi connectivity index (χ2n) is 4.73. The van der Waals surface area contributed by atoms with Crippen molar-refractivity contribution in [3.05, 3.63) is 24.8 Å². The number of esters is 1. The third kappa shape index (κ3) is 2.97. The summed E-state index contributed by atoms with van der Waals surface area (Å²) >= 11 is 0. The molecule has 0 bridgehead atoms. The second-order valence-corrected chi connectivity index (χ2v) is 4.73. The molecule has 0 spiro atoms. The van der Waals surface area contributed by atoms with E-state index in [1.807, 2.05) is 13.8 Å². The van der Waals surface area contributed by atoms with Crippen LogP contribution in [0.3, 0.4) is 0 Å². The highest BCUT2D eigenvalue weighted by Crippen LogP contribution is 2.25. The molecule has 0 saturated heterocycles. The molecule has 18 heavy (non-hydrogen) atoms. The largest absolute Gasteiger partial charge is 0.465 e. The molecule has 0 aliphatic carbocycles. The molecule has 0 aromatic carbocycles. The number of hydrogen-bond donors (Lipinski definition) is 0. The van der Waals surface area contributed by atoms with Crippen LogP contribution in [0.15, 0.2) is 19.0 Å². The Bertz CT molecular complexity index is 426. The summed E-state index contributed by atoms with van der Waals surface area (Å²) in [7, 11) is 0. The minimum absolute atomic E-state index is 0.207. The van der Waals surface area contributed by atoms with E-state index in [4.69, 9.17) is 4.74 Å². The molecular weight excluding hydrogens is 230 g/mol. The van der Waals surface area contributed by atoms with Gasteiger partial charge in [-0.2, -0.15) is 5.10 Å². The number of aromatic nitrogens is 3. The standard InChI is InChI=1S/C13H21N3O2/c1-6-13(5,12(17)18-7-2)8-11-14-9-15-16(11)10(3)4/h6,9-10H,1,7-8H2,2-5H3. The fourth-order valence-corrected chi connectivity index (χ4v) is 1.68. The maximum Gasteiger partial charge on any atom is 0.316 e. The Morgan fingerprint density at radius 2 is 2.33 bits per heavy atom. The molecule has 0 aliphatic rings. The van der Waals surface area contributed by atoms with Gasteiger partial charge in [0, 0.05) is 12.5 Å². The number of nitrogens with zero attached hydrogens (tertiary/aromatic N) is 3. The summed E-state index contributed by atoms with van der Waals surface area (Å²) in [6.45, 7) is 11.7. The second kappa shape index (κ2) is 5.80. The molecule has 0 N–H and O–H groups in total. The van der Waals surface area contributed by atoms with E-state index in [9.17, 15) is 4.79 Å². The summed E-state index contributed by atoms with van der Waals surface area (Å²) in [5.41, 5.74) is -0.768. The van der Waals surface area contributed by atoms with E-state index >= 15 is 0 Å². The first-order valence-corrected chi connectivity index (χ1v) is 6.13. The highest BCUT2D eigenvalue weighted by Gasteiger charge is 2.33. The number of ether oxygens (including phenoxy) is 1. The van der Waals surface area contributed by atoms with Gasteiger partial charge in [0.25, 0.3) is 0 Å². The summed E-state index contributed by atoms with van der Waals surface area (Å²) in [6.07, 6.45) is 3.56. The molecule has 0 radical (unpaired) electrons. The molecule has 0 amide bonds. The van der Waals surface area contributed by atoms with Gasteiger partial charge < -0.3 is 4.74 Å². The van der Waals surface area contributed by atoms with Gasteiger partial charge in [0.15, 0.2) is 0 Å². The van der Waals surface area contributed by atoms with Gasteiger partial charge in [-0.1, -0.05) is 6.08 Å². The highest BCUT2D eigenvalue weighted by molar-refractivity contribution is 5.78. The van der Waals surface area contributed by atoms with E-state index < -0.39 is 5.41 Å². The van der Waals surface area contributed by atoms with Gasteiger partial charge in [0.05, 0.1) is 12.0 Å².